The van der Waals surface area contributed by atoms with Gasteiger partial charge in [-0.3, -0.25) is 0 Å². The Morgan fingerprint density at radius 1 is 0.305 bits per heavy atom. The van der Waals surface area contributed by atoms with Crippen molar-refractivity contribution in [3.63, 3.8) is 0 Å². The minimum atomic E-state index is -3.29. The molecule has 1 fully saturated rings. The largest absolute Gasteiger partial charge is 0.335 e. The Morgan fingerprint density at radius 3 is 1.06 bits per heavy atom. The molecule has 105 heavy (non-hydrogen) atoms. The van der Waals surface area contributed by atoms with Gasteiger partial charge in [-0.2, -0.15) is 0 Å². The number of rotatable bonds is 15. The quantitative estimate of drug-likeness (QED) is 0.0749. The summed E-state index contributed by atoms with van der Waals surface area (Å²) in [6.45, 7) is 5.13. The van der Waals surface area contributed by atoms with Gasteiger partial charge in [0.05, 0.1) is 16.7 Å². The highest BCUT2D eigenvalue weighted by Crippen LogP contribution is 2.62. The van der Waals surface area contributed by atoms with Crippen LogP contribution in [0.15, 0.2) is 388 Å². The molecule has 0 radical (unpaired) electrons. The molecule has 0 spiro atoms. The van der Waals surface area contributed by atoms with E-state index in [4.69, 9.17) is 0 Å². The molecule has 4 aliphatic rings. The molecule has 0 amide bonds. The highest BCUT2D eigenvalue weighted by atomic mass is 28.3. The number of hydrogen-bond acceptors (Lipinski definition) is 2. The van der Waals surface area contributed by atoms with E-state index in [-0.39, 0.29) is 17.7 Å². The van der Waals surface area contributed by atoms with E-state index in [2.05, 4.69) is 416 Å². The highest BCUT2D eigenvalue weighted by molar-refractivity contribution is 7.21. The van der Waals surface area contributed by atoms with E-state index < -0.39 is 24.2 Å². The summed E-state index contributed by atoms with van der Waals surface area (Å²) in [6.07, 6.45) is 4.48. The van der Waals surface area contributed by atoms with Crippen LogP contribution in [0.5, 0.6) is 0 Å². The smallest absolute Gasteiger partial charge is 0.252 e. The Labute approximate surface area is 619 Å². The van der Waals surface area contributed by atoms with Crippen molar-refractivity contribution in [2.75, 3.05) is 9.80 Å². The normalized spacial score (nSPS) is 16.4. The summed E-state index contributed by atoms with van der Waals surface area (Å²) in [5, 5.41) is 19.0. The van der Waals surface area contributed by atoms with Crippen LogP contribution >= 0.6 is 0 Å². The lowest BCUT2D eigenvalue weighted by Gasteiger charge is -2.52. The maximum Gasteiger partial charge on any atom is 0.252 e. The number of nitrogens with zero attached hydrogens (tertiary/aromatic N) is 3. The summed E-state index contributed by atoms with van der Waals surface area (Å²) < 4.78 is 2.78. The first-order valence-corrected chi connectivity index (χ1v) is 43.6. The number of benzene rings is 15. The van der Waals surface area contributed by atoms with Gasteiger partial charge in [-0.1, -0.05) is 366 Å². The lowest BCUT2D eigenvalue weighted by atomic mass is 9.33. The van der Waals surface area contributed by atoms with Gasteiger partial charge in [0.25, 0.3) is 6.71 Å². The van der Waals surface area contributed by atoms with E-state index in [1.54, 1.807) is 0 Å². The van der Waals surface area contributed by atoms with Gasteiger partial charge in [0.15, 0.2) is 24.2 Å². The molecule has 0 N–H and O–H groups in total. The molecule has 16 aromatic rings. The zero-order chi connectivity index (χ0) is 69.9. The molecule has 3 nitrogen and oxygen atoms in total. The molecule has 2 unspecified atom stereocenters. The van der Waals surface area contributed by atoms with Gasteiger partial charge in [0, 0.05) is 50.1 Å². The zero-order valence-electron chi connectivity index (χ0n) is 59.2. The van der Waals surface area contributed by atoms with E-state index in [1.165, 1.54) is 129 Å². The number of para-hydroxylation sites is 2. The first-order valence-electron chi connectivity index (χ1n) is 37.6. The fraction of sp³-hybridized carbons (Fsp3) is 0.0816. The van der Waals surface area contributed by atoms with Crippen molar-refractivity contribution in [1.82, 2.24) is 4.57 Å². The van der Waals surface area contributed by atoms with Gasteiger partial charge in [-0.25, -0.2) is 0 Å². The number of aromatic nitrogens is 1. The van der Waals surface area contributed by atoms with Gasteiger partial charge >= 0.3 is 0 Å². The van der Waals surface area contributed by atoms with Gasteiger partial charge < -0.3 is 14.4 Å². The van der Waals surface area contributed by atoms with Crippen molar-refractivity contribution in [2.24, 2.45) is 0 Å². The molecular formula is C98H78BN3Si3. The van der Waals surface area contributed by atoms with Gasteiger partial charge in [0.1, 0.15) is 0 Å². The van der Waals surface area contributed by atoms with Crippen molar-refractivity contribution >= 4 is 160 Å². The summed E-state index contributed by atoms with van der Waals surface area (Å²) >= 11 is 0. The standard InChI is InChI=1S/C98H78BN3Si3/c1-97-62-36-37-63-98(97,2)102-93-65-73(100(71-38-14-3-15-39-71)72-40-16-4-17-41-72)64-92-94(93)99(90-70-85(68-88(97)96(90)102)105(80-54-30-11-31-55-80,81-56-32-12-33-57-81)82-58-34-13-35-59-82)89-69-84(104(77-48-24-8-25-49-77,78-50-26-9-27-51-78)79-52-28-10-29-53-79)67-87-86-66-83(60-61-91(86)101(92)95(87)89)103(74-42-18-5-19-43-74,75-44-20-6-21-45-75)76-46-22-7-23-47-76/h3-35,38-61,64-70H,36-37,62-63H2,1-2H3. The Balaban J connectivity index is 1.00. The molecular weight excluding hydrogens is 1310 g/mol. The van der Waals surface area contributed by atoms with E-state index in [0.29, 0.717) is 0 Å². The number of anilines is 5. The maximum atomic E-state index is 2.97. The van der Waals surface area contributed by atoms with Crippen LogP contribution in [-0.2, 0) is 5.41 Å². The molecule has 0 saturated heterocycles. The van der Waals surface area contributed by atoms with E-state index in [1.807, 2.05) is 0 Å². The van der Waals surface area contributed by atoms with Crippen LogP contribution in [0.3, 0.4) is 0 Å². The second kappa shape index (κ2) is 24.8. The van der Waals surface area contributed by atoms with Crippen molar-refractivity contribution in [3.8, 4) is 5.69 Å². The molecule has 500 valence electrons. The topological polar surface area (TPSA) is 11.4 Å². The zero-order valence-corrected chi connectivity index (χ0v) is 62.2. The van der Waals surface area contributed by atoms with Gasteiger partial charge in [-0.15, -0.1) is 0 Å². The summed E-state index contributed by atoms with van der Waals surface area (Å²) in [5.41, 5.74) is 14.9. The summed E-state index contributed by atoms with van der Waals surface area (Å²) in [5.74, 6) is 0. The Morgan fingerprint density at radius 2 is 0.648 bits per heavy atom. The molecule has 2 atom stereocenters. The molecule has 20 rings (SSSR count). The van der Waals surface area contributed by atoms with Crippen LogP contribution in [0, 0.1) is 0 Å². The fourth-order valence-corrected chi connectivity index (χ4v) is 34.8. The molecule has 15 aromatic carbocycles. The van der Waals surface area contributed by atoms with Crippen molar-refractivity contribution < 1.29 is 0 Å². The number of fused-ring (bicyclic) bond motifs is 10. The van der Waals surface area contributed by atoms with Crippen molar-refractivity contribution in [2.45, 2.75) is 50.5 Å². The molecule has 3 aliphatic heterocycles. The van der Waals surface area contributed by atoms with Crippen molar-refractivity contribution in [3.05, 3.63) is 394 Å². The maximum absolute atomic E-state index is 3.29. The lowest BCUT2D eigenvalue weighted by molar-refractivity contribution is 0.195. The Kier molecular flexibility index (Phi) is 14.9. The predicted molar refractivity (Wildman–Crippen MR) is 454 cm³/mol. The third-order valence-electron chi connectivity index (χ3n) is 25.1. The third-order valence-corrected chi connectivity index (χ3v) is 39.4. The minimum absolute atomic E-state index is 0.212. The van der Waals surface area contributed by atoms with E-state index in [0.717, 1.165) is 36.3 Å². The predicted octanol–water partition coefficient (Wildman–Crippen LogP) is 13.3. The Hall–Kier alpha value is -11.6. The molecule has 0 bridgehead atoms. The second-order valence-electron chi connectivity index (χ2n) is 30.0. The van der Waals surface area contributed by atoms with Gasteiger partial charge in [-0.05, 0) is 146 Å². The van der Waals surface area contributed by atoms with Crippen LogP contribution in [0.4, 0.5) is 28.4 Å². The van der Waals surface area contributed by atoms with Crippen LogP contribution in [0.1, 0.15) is 45.1 Å². The van der Waals surface area contributed by atoms with Crippen LogP contribution in [-0.4, -0.2) is 41.0 Å². The van der Waals surface area contributed by atoms with E-state index >= 15 is 0 Å². The van der Waals surface area contributed by atoms with Gasteiger partial charge in [0.2, 0.25) is 0 Å². The van der Waals surface area contributed by atoms with Crippen LogP contribution in [0.25, 0.3) is 27.5 Å². The SMILES string of the molecule is CC12CCCCC1(C)N1c3cc(N(c4ccccc4)c4ccccc4)cc4c3B(c3cc([Si](c5ccccc5)(c5ccccc5)c5ccccc5)cc2c31)c1cc([Si](c2ccccc2)(c2ccccc2)c2ccccc2)cc2c3cc([Si](c5ccccc5)(c5ccccc5)c5ccccc5)ccc3n-4c12. The molecule has 4 heterocycles. The molecule has 1 aromatic heterocycles. The first kappa shape index (κ1) is 63.1. The third kappa shape index (κ3) is 9.15. The fourth-order valence-electron chi connectivity index (χ4n) is 20.4. The number of hydrogen-bond donors (Lipinski definition) is 0. The first-order chi connectivity index (χ1) is 51.8. The highest BCUT2D eigenvalue weighted by Gasteiger charge is 2.62. The molecule has 1 saturated carbocycles. The lowest BCUT2D eigenvalue weighted by Crippen LogP contribution is -2.76. The summed E-state index contributed by atoms with van der Waals surface area (Å²) in [4.78, 5) is 5.50. The van der Waals surface area contributed by atoms with E-state index in [9.17, 15) is 0 Å². The minimum Gasteiger partial charge on any atom is -0.335 e. The summed E-state index contributed by atoms with van der Waals surface area (Å²) in [7, 11) is -9.59. The van der Waals surface area contributed by atoms with Crippen molar-refractivity contribution in [1.29, 1.82) is 0 Å². The average molecular weight is 1390 g/mol. The molecule has 1 aliphatic carbocycles. The van der Waals surface area contributed by atoms with Crippen LogP contribution in [0.2, 0.25) is 0 Å². The second-order valence-corrected chi connectivity index (χ2v) is 41.4. The summed E-state index contributed by atoms with van der Waals surface area (Å²) in [6, 6.07) is 151. The Bertz CT molecular complexity index is 5610. The molecule has 7 heteroatoms. The average Bonchev–Trinajstić information content (AvgIpc) is 1.51. The monoisotopic (exact) mass is 1390 g/mol. The van der Waals surface area contributed by atoms with Crippen LogP contribution < -0.4 is 88.4 Å².